The van der Waals surface area contributed by atoms with Crippen molar-refractivity contribution in [1.82, 2.24) is 4.81 Å². The fourth-order valence-electron chi connectivity index (χ4n) is 2.07. The van der Waals surface area contributed by atoms with E-state index in [2.05, 4.69) is 4.18 Å². The van der Waals surface area contributed by atoms with Crippen molar-refractivity contribution in [3.05, 3.63) is 11.8 Å². The molecule has 4 nitrogen and oxygen atoms in total. The van der Waals surface area contributed by atoms with Crippen molar-refractivity contribution in [3.8, 4) is 0 Å². The van der Waals surface area contributed by atoms with E-state index >= 15 is 0 Å². The minimum atomic E-state index is -5.56. The van der Waals surface area contributed by atoms with Crippen LogP contribution in [0.5, 0.6) is 0 Å². The molecule has 0 aromatic rings. The average Bonchev–Trinajstić information content (AvgIpc) is 2.42. The Morgan fingerprint density at radius 1 is 1.41 bits per heavy atom. The highest BCUT2D eigenvalue weighted by atomic mass is 32.2. The van der Waals surface area contributed by atoms with Gasteiger partial charge in [-0.1, -0.05) is 0 Å². The first-order chi connectivity index (χ1) is 7.71. The molecule has 0 amide bonds. The SMILES string of the molecule is [B]N1C2C=C(OS(=O)(=O)C(F)(F)F)CC1CC2. The van der Waals surface area contributed by atoms with Gasteiger partial charge < -0.3 is 8.99 Å². The summed E-state index contributed by atoms with van der Waals surface area (Å²) in [5.41, 5.74) is -5.40. The van der Waals surface area contributed by atoms with E-state index in [1.54, 1.807) is 0 Å². The number of nitrogens with zero attached hydrogens (tertiary/aromatic N) is 1. The molecule has 1 saturated heterocycles. The molecule has 0 N–H and O–H groups in total. The number of fused-ring (bicyclic) bond motifs is 2. The first kappa shape index (κ1) is 12.8. The third-order valence-corrected chi connectivity index (χ3v) is 3.92. The number of hydrogen-bond donors (Lipinski definition) is 0. The number of hydrogen-bond acceptors (Lipinski definition) is 4. The van der Waals surface area contributed by atoms with Gasteiger partial charge in [0, 0.05) is 18.5 Å². The van der Waals surface area contributed by atoms with Crippen molar-refractivity contribution in [2.45, 2.75) is 36.9 Å². The monoisotopic (exact) mass is 267 g/mol. The summed E-state index contributed by atoms with van der Waals surface area (Å²) in [7, 11) is 0.0960. The molecule has 2 aliphatic heterocycles. The molecule has 2 radical (unpaired) electrons. The molecule has 2 atom stereocenters. The van der Waals surface area contributed by atoms with E-state index in [0.717, 1.165) is 6.42 Å². The first-order valence-electron chi connectivity index (χ1n) is 4.95. The lowest BCUT2D eigenvalue weighted by atomic mass is 10.0. The summed E-state index contributed by atoms with van der Waals surface area (Å²) in [5, 5.41) is 0. The van der Waals surface area contributed by atoms with Crippen LogP contribution in [0.15, 0.2) is 11.8 Å². The zero-order valence-corrected chi connectivity index (χ0v) is 9.46. The maximum atomic E-state index is 12.1. The van der Waals surface area contributed by atoms with E-state index in [1.807, 2.05) is 0 Å². The standard InChI is InChI=1S/C8H9BF3NO3S/c9-13-5-1-2-6(13)4-7(3-5)16-17(14,15)8(10,11)12/h3,5-6H,1-2,4H2. The molecule has 0 saturated carbocycles. The Morgan fingerprint density at radius 3 is 2.59 bits per heavy atom. The van der Waals surface area contributed by atoms with Gasteiger partial charge in [0.2, 0.25) is 0 Å². The van der Waals surface area contributed by atoms with Crippen LogP contribution in [0, 0.1) is 0 Å². The first-order valence-corrected chi connectivity index (χ1v) is 6.36. The fraction of sp³-hybridized carbons (Fsp3) is 0.750. The minimum Gasteiger partial charge on any atom is -0.381 e. The summed E-state index contributed by atoms with van der Waals surface area (Å²) in [4.78, 5) is 1.52. The molecular weight excluding hydrogens is 258 g/mol. The Balaban J connectivity index is 2.15. The highest BCUT2D eigenvalue weighted by Crippen LogP contribution is 2.36. The second-order valence-electron chi connectivity index (χ2n) is 4.07. The van der Waals surface area contributed by atoms with Crippen LogP contribution in [0.4, 0.5) is 13.2 Å². The normalized spacial score (nSPS) is 30.2. The maximum Gasteiger partial charge on any atom is 0.534 e. The van der Waals surface area contributed by atoms with Crippen LogP contribution in [0.3, 0.4) is 0 Å². The third kappa shape index (κ3) is 2.30. The van der Waals surface area contributed by atoms with Gasteiger partial charge in [-0.05, 0) is 18.9 Å². The topological polar surface area (TPSA) is 46.6 Å². The lowest BCUT2D eigenvalue weighted by molar-refractivity contribution is -0.0525. The van der Waals surface area contributed by atoms with Crippen LogP contribution in [0.2, 0.25) is 0 Å². The van der Waals surface area contributed by atoms with E-state index in [-0.39, 0.29) is 24.3 Å². The van der Waals surface area contributed by atoms with E-state index in [4.69, 9.17) is 7.98 Å². The predicted octanol–water partition coefficient (Wildman–Crippen LogP) is 1.06. The Morgan fingerprint density at radius 2 is 2.06 bits per heavy atom. The van der Waals surface area contributed by atoms with E-state index in [1.165, 1.54) is 10.9 Å². The second kappa shape index (κ2) is 3.91. The van der Waals surface area contributed by atoms with Crippen LogP contribution in [-0.4, -0.2) is 38.8 Å². The largest absolute Gasteiger partial charge is 0.534 e. The summed E-state index contributed by atoms with van der Waals surface area (Å²) in [5.74, 6) is -0.170. The molecule has 2 heterocycles. The predicted molar refractivity (Wildman–Crippen MR) is 53.2 cm³/mol. The summed E-state index contributed by atoms with van der Waals surface area (Å²) in [6.07, 6.45) is 2.84. The van der Waals surface area contributed by atoms with Crippen LogP contribution >= 0.6 is 0 Å². The van der Waals surface area contributed by atoms with Gasteiger partial charge in [-0.15, -0.1) is 0 Å². The van der Waals surface area contributed by atoms with Crippen molar-refractivity contribution in [2.24, 2.45) is 0 Å². The third-order valence-electron chi connectivity index (χ3n) is 2.92. The zero-order chi connectivity index (χ0) is 12.8. The molecule has 2 unspecified atom stereocenters. The quantitative estimate of drug-likeness (QED) is 0.426. The molecule has 2 rings (SSSR count). The molecule has 1 fully saturated rings. The summed E-state index contributed by atoms with van der Waals surface area (Å²) >= 11 is 0. The number of rotatable bonds is 2. The number of halogens is 3. The smallest absolute Gasteiger partial charge is 0.381 e. The van der Waals surface area contributed by atoms with Crippen molar-refractivity contribution in [3.63, 3.8) is 0 Å². The lowest BCUT2D eigenvalue weighted by Crippen LogP contribution is -2.37. The molecule has 0 aromatic heterocycles. The van der Waals surface area contributed by atoms with Crippen molar-refractivity contribution < 1.29 is 25.8 Å². The molecule has 17 heavy (non-hydrogen) atoms. The highest BCUT2D eigenvalue weighted by Gasteiger charge is 2.49. The molecule has 0 aromatic carbocycles. The molecule has 0 aliphatic carbocycles. The van der Waals surface area contributed by atoms with Crippen LogP contribution in [0.25, 0.3) is 0 Å². The summed E-state index contributed by atoms with van der Waals surface area (Å²) < 4.78 is 62.0. The Kier molecular flexibility index (Phi) is 2.93. The van der Waals surface area contributed by atoms with Gasteiger partial charge in [-0.2, -0.15) is 21.6 Å². The van der Waals surface area contributed by atoms with Crippen molar-refractivity contribution in [1.29, 1.82) is 0 Å². The fourth-order valence-corrected chi connectivity index (χ4v) is 2.57. The van der Waals surface area contributed by atoms with Gasteiger partial charge in [-0.3, -0.25) is 0 Å². The van der Waals surface area contributed by atoms with Gasteiger partial charge in [0.15, 0.2) is 7.98 Å². The summed E-state index contributed by atoms with van der Waals surface area (Å²) in [6.45, 7) is 0. The van der Waals surface area contributed by atoms with E-state index in [9.17, 15) is 21.6 Å². The van der Waals surface area contributed by atoms with Crippen molar-refractivity contribution >= 4 is 18.1 Å². The molecule has 9 heteroatoms. The molecule has 0 spiro atoms. The highest BCUT2D eigenvalue weighted by molar-refractivity contribution is 7.87. The second-order valence-corrected chi connectivity index (χ2v) is 5.60. The van der Waals surface area contributed by atoms with Crippen LogP contribution in [0.1, 0.15) is 19.3 Å². The lowest BCUT2D eigenvalue weighted by Gasteiger charge is -2.30. The molecule has 94 valence electrons. The molecule has 2 aliphatic rings. The van der Waals surface area contributed by atoms with Gasteiger partial charge in [0.05, 0.1) is 0 Å². The van der Waals surface area contributed by atoms with Crippen LogP contribution < -0.4 is 0 Å². The van der Waals surface area contributed by atoms with Gasteiger partial charge in [0.25, 0.3) is 0 Å². The van der Waals surface area contributed by atoms with Crippen molar-refractivity contribution in [2.75, 3.05) is 0 Å². The number of alkyl halides is 3. The van der Waals surface area contributed by atoms with E-state index in [0.29, 0.717) is 6.42 Å². The molecular formula is C8H9BF3NO3S. The van der Waals surface area contributed by atoms with Gasteiger partial charge in [-0.25, -0.2) is 0 Å². The average molecular weight is 267 g/mol. The maximum absolute atomic E-state index is 12.1. The van der Waals surface area contributed by atoms with Gasteiger partial charge >= 0.3 is 15.6 Å². The Labute approximate surface area is 98.0 Å². The summed E-state index contributed by atoms with van der Waals surface area (Å²) in [6, 6.07) is -0.393. The Hall–Kier alpha value is -0.695. The molecule has 2 bridgehead atoms. The van der Waals surface area contributed by atoms with E-state index < -0.39 is 15.6 Å². The zero-order valence-electron chi connectivity index (χ0n) is 8.64. The Bertz CT molecular complexity index is 447. The van der Waals surface area contributed by atoms with Crippen LogP contribution in [-0.2, 0) is 14.3 Å². The minimum absolute atomic E-state index is 0.0856. The van der Waals surface area contributed by atoms with Gasteiger partial charge in [0.1, 0.15) is 5.76 Å².